The van der Waals surface area contributed by atoms with Crippen LogP contribution in [0.1, 0.15) is 35.3 Å². The Morgan fingerprint density at radius 1 is 0.971 bits per heavy atom. The molecule has 8 heteroatoms. The third-order valence-corrected chi connectivity index (χ3v) is 5.90. The second-order valence-electron chi connectivity index (χ2n) is 8.07. The van der Waals surface area contributed by atoms with Crippen molar-refractivity contribution in [2.75, 3.05) is 16.9 Å². The minimum atomic E-state index is -5.05. The number of anilines is 2. The van der Waals surface area contributed by atoms with E-state index in [4.69, 9.17) is 4.74 Å². The number of para-hydroxylation sites is 2. The maximum atomic E-state index is 13.6. The Morgan fingerprint density at radius 3 is 2.32 bits per heavy atom. The average molecular weight is 468 g/mol. The summed E-state index contributed by atoms with van der Waals surface area (Å²) in [7, 11) is 1.50. The van der Waals surface area contributed by atoms with Gasteiger partial charge in [0.1, 0.15) is 5.75 Å². The molecule has 34 heavy (non-hydrogen) atoms. The summed E-state index contributed by atoms with van der Waals surface area (Å²) >= 11 is 0. The summed E-state index contributed by atoms with van der Waals surface area (Å²) in [5, 5.41) is 0. The number of hydrogen-bond acceptors (Lipinski definition) is 3. The van der Waals surface area contributed by atoms with E-state index in [1.807, 2.05) is 0 Å². The number of alkyl halides is 3. The Kier molecular flexibility index (Phi) is 6.32. The van der Waals surface area contributed by atoms with Crippen molar-refractivity contribution in [2.45, 2.75) is 31.6 Å². The number of amides is 2. The summed E-state index contributed by atoms with van der Waals surface area (Å²) < 4.78 is 46.2. The SMILES string of the molecule is COc1cccc(C(=O)N2c3ccccc3C(N(C(=O)C(F)(F)F)c3ccccc3)CC2C)c1. The van der Waals surface area contributed by atoms with E-state index in [1.165, 1.54) is 19.2 Å². The van der Waals surface area contributed by atoms with Crippen LogP contribution in [0.2, 0.25) is 0 Å². The Morgan fingerprint density at radius 2 is 1.65 bits per heavy atom. The van der Waals surface area contributed by atoms with Gasteiger partial charge in [-0.2, -0.15) is 13.2 Å². The molecule has 0 bridgehead atoms. The van der Waals surface area contributed by atoms with E-state index in [0.717, 1.165) is 4.90 Å². The van der Waals surface area contributed by atoms with Crippen molar-refractivity contribution in [1.29, 1.82) is 0 Å². The summed E-state index contributed by atoms with van der Waals surface area (Å²) in [6, 6.07) is 19.9. The molecule has 1 heterocycles. The third-order valence-electron chi connectivity index (χ3n) is 5.90. The Hall–Kier alpha value is -3.81. The van der Waals surface area contributed by atoms with E-state index in [1.54, 1.807) is 78.6 Å². The highest BCUT2D eigenvalue weighted by Gasteiger charge is 2.48. The Bertz CT molecular complexity index is 1200. The van der Waals surface area contributed by atoms with Crippen LogP contribution in [0.3, 0.4) is 0 Å². The number of nitrogens with zero attached hydrogens (tertiary/aromatic N) is 2. The van der Waals surface area contributed by atoms with Crippen LogP contribution < -0.4 is 14.5 Å². The highest BCUT2D eigenvalue weighted by molar-refractivity contribution is 6.08. The molecule has 0 aromatic heterocycles. The fourth-order valence-corrected chi connectivity index (χ4v) is 4.39. The molecule has 3 aromatic carbocycles. The number of methoxy groups -OCH3 is 1. The first kappa shape index (κ1) is 23.4. The lowest BCUT2D eigenvalue weighted by Crippen LogP contribution is -2.50. The molecule has 0 N–H and O–H groups in total. The summed E-state index contributed by atoms with van der Waals surface area (Å²) in [6.07, 6.45) is -4.93. The molecule has 0 aliphatic carbocycles. The van der Waals surface area contributed by atoms with Crippen molar-refractivity contribution >= 4 is 23.2 Å². The van der Waals surface area contributed by atoms with Gasteiger partial charge in [0, 0.05) is 23.0 Å². The number of fused-ring (bicyclic) bond motifs is 1. The molecule has 0 radical (unpaired) electrons. The zero-order valence-corrected chi connectivity index (χ0v) is 18.6. The molecule has 0 spiro atoms. The molecule has 3 aromatic rings. The Labute approximate surface area is 195 Å². The number of ether oxygens (including phenoxy) is 1. The second-order valence-corrected chi connectivity index (χ2v) is 8.07. The van der Waals surface area contributed by atoms with E-state index in [9.17, 15) is 22.8 Å². The van der Waals surface area contributed by atoms with Crippen LogP contribution in [-0.2, 0) is 4.79 Å². The minimum absolute atomic E-state index is 0.128. The predicted molar refractivity (Wildman–Crippen MR) is 123 cm³/mol. The number of hydrogen-bond donors (Lipinski definition) is 0. The molecule has 5 nitrogen and oxygen atoms in total. The highest BCUT2D eigenvalue weighted by Crippen LogP contribution is 2.44. The summed E-state index contributed by atoms with van der Waals surface area (Å²) in [6.45, 7) is 1.77. The van der Waals surface area contributed by atoms with Gasteiger partial charge in [-0.25, -0.2) is 0 Å². The molecule has 2 atom stereocenters. The van der Waals surface area contributed by atoms with Gasteiger partial charge < -0.3 is 9.64 Å². The maximum Gasteiger partial charge on any atom is 0.471 e. The fraction of sp³-hybridized carbons (Fsp3) is 0.231. The van der Waals surface area contributed by atoms with Gasteiger partial charge in [-0.15, -0.1) is 0 Å². The van der Waals surface area contributed by atoms with Gasteiger partial charge in [0.2, 0.25) is 0 Å². The molecule has 0 saturated carbocycles. The van der Waals surface area contributed by atoms with Gasteiger partial charge in [0.15, 0.2) is 0 Å². The summed E-state index contributed by atoms with van der Waals surface area (Å²) in [5.74, 6) is -1.73. The minimum Gasteiger partial charge on any atom is -0.497 e. The first-order chi connectivity index (χ1) is 16.2. The molecular formula is C26H23F3N2O3. The largest absolute Gasteiger partial charge is 0.497 e. The topological polar surface area (TPSA) is 49.9 Å². The van der Waals surface area contributed by atoms with E-state index >= 15 is 0 Å². The first-order valence-corrected chi connectivity index (χ1v) is 10.7. The molecule has 1 aliphatic rings. The maximum absolute atomic E-state index is 13.6. The van der Waals surface area contributed by atoms with E-state index in [2.05, 4.69) is 0 Å². The molecular weight excluding hydrogens is 445 g/mol. The molecule has 2 amide bonds. The monoisotopic (exact) mass is 468 g/mol. The van der Waals surface area contributed by atoms with Crippen molar-refractivity contribution in [2.24, 2.45) is 0 Å². The molecule has 0 fully saturated rings. The first-order valence-electron chi connectivity index (χ1n) is 10.7. The van der Waals surface area contributed by atoms with Crippen LogP contribution in [-0.4, -0.2) is 31.1 Å². The van der Waals surface area contributed by atoms with Crippen LogP contribution in [0.15, 0.2) is 78.9 Å². The smallest absolute Gasteiger partial charge is 0.471 e. The lowest BCUT2D eigenvalue weighted by molar-refractivity contribution is -0.171. The van der Waals surface area contributed by atoms with Crippen molar-refractivity contribution in [3.63, 3.8) is 0 Å². The van der Waals surface area contributed by atoms with Gasteiger partial charge >= 0.3 is 12.1 Å². The molecule has 0 saturated heterocycles. The lowest BCUT2D eigenvalue weighted by atomic mass is 9.89. The van der Waals surface area contributed by atoms with Gasteiger partial charge in [0.25, 0.3) is 5.91 Å². The van der Waals surface area contributed by atoms with Crippen LogP contribution in [0.25, 0.3) is 0 Å². The van der Waals surface area contributed by atoms with Crippen LogP contribution in [0, 0.1) is 0 Å². The van der Waals surface area contributed by atoms with Gasteiger partial charge in [-0.05, 0) is 55.3 Å². The third kappa shape index (κ3) is 4.35. The van der Waals surface area contributed by atoms with E-state index in [0.29, 0.717) is 22.6 Å². The summed E-state index contributed by atoms with van der Waals surface area (Å²) in [5.41, 5.74) is 1.48. The normalized spacial score (nSPS) is 17.6. The molecule has 1 aliphatic heterocycles. The van der Waals surface area contributed by atoms with Crippen molar-refractivity contribution in [1.82, 2.24) is 0 Å². The quantitative estimate of drug-likeness (QED) is 0.489. The van der Waals surface area contributed by atoms with Gasteiger partial charge in [0.05, 0.1) is 13.2 Å². The van der Waals surface area contributed by atoms with Gasteiger partial charge in [-0.1, -0.05) is 42.5 Å². The zero-order chi connectivity index (χ0) is 24.5. The van der Waals surface area contributed by atoms with E-state index in [-0.39, 0.29) is 18.0 Å². The van der Waals surface area contributed by atoms with Crippen molar-refractivity contribution in [3.8, 4) is 5.75 Å². The number of carbonyl (C=O) groups is 2. The van der Waals surface area contributed by atoms with Crippen molar-refractivity contribution in [3.05, 3.63) is 90.0 Å². The lowest BCUT2D eigenvalue weighted by Gasteiger charge is -2.43. The van der Waals surface area contributed by atoms with Crippen LogP contribution in [0.5, 0.6) is 5.75 Å². The van der Waals surface area contributed by atoms with Crippen molar-refractivity contribution < 1.29 is 27.5 Å². The average Bonchev–Trinajstić information content (AvgIpc) is 2.84. The zero-order valence-electron chi connectivity index (χ0n) is 18.6. The summed E-state index contributed by atoms with van der Waals surface area (Å²) in [4.78, 5) is 28.5. The Balaban J connectivity index is 1.81. The second kappa shape index (κ2) is 9.21. The number of benzene rings is 3. The van der Waals surface area contributed by atoms with Gasteiger partial charge in [-0.3, -0.25) is 14.5 Å². The number of carbonyl (C=O) groups excluding carboxylic acids is 2. The number of halogens is 3. The molecule has 176 valence electrons. The van der Waals surface area contributed by atoms with Crippen LogP contribution in [0.4, 0.5) is 24.5 Å². The molecule has 2 unspecified atom stereocenters. The molecule has 4 rings (SSSR count). The predicted octanol–water partition coefficient (Wildman–Crippen LogP) is 5.77. The van der Waals surface area contributed by atoms with E-state index < -0.39 is 24.2 Å². The van der Waals surface area contributed by atoms with Crippen LogP contribution >= 0.6 is 0 Å². The fourth-order valence-electron chi connectivity index (χ4n) is 4.39. The highest BCUT2D eigenvalue weighted by atomic mass is 19.4. The standard InChI is InChI=1S/C26H23F3N2O3/c1-17-15-23(31(25(33)26(27,28)29)19-10-4-3-5-11-19)21-13-6-7-14-22(21)30(17)24(32)18-9-8-12-20(16-18)34-2/h3-14,16-17,23H,15H2,1-2H3. The number of rotatable bonds is 4.